The van der Waals surface area contributed by atoms with Crippen LogP contribution in [0.4, 0.5) is 0 Å². The van der Waals surface area contributed by atoms with E-state index in [4.69, 9.17) is 37.0 Å². The third-order valence-electron chi connectivity index (χ3n) is 18.3. The molecule has 0 amide bonds. The minimum Gasteiger partial charge on any atom is -0.462 e. The number of rotatable bonds is 76. The number of phosphoric ester groups is 2. The third-order valence-corrected chi connectivity index (χ3v) is 20.2. The molecule has 17 nitrogen and oxygen atoms in total. The number of ether oxygens (including phenoxy) is 4. The van der Waals surface area contributed by atoms with Gasteiger partial charge in [-0.05, 0) is 37.5 Å². The topological polar surface area (TPSA) is 237 Å². The zero-order valence-electron chi connectivity index (χ0n) is 62.7. The summed E-state index contributed by atoms with van der Waals surface area (Å²) in [5.74, 6) is -0.556. The number of carbonyl (C=O) groups is 4. The molecular formula is C77H150O17P2. The van der Waals surface area contributed by atoms with Crippen molar-refractivity contribution >= 4 is 39.5 Å². The zero-order valence-corrected chi connectivity index (χ0v) is 64.5. The van der Waals surface area contributed by atoms with Crippen LogP contribution in [0.25, 0.3) is 0 Å². The van der Waals surface area contributed by atoms with E-state index in [0.717, 1.165) is 108 Å². The van der Waals surface area contributed by atoms with Gasteiger partial charge >= 0.3 is 39.5 Å². The molecule has 0 aliphatic carbocycles. The van der Waals surface area contributed by atoms with Crippen LogP contribution in [0.15, 0.2) is 0 Å². The van der Waals surface area contributed by atoms with Crippen molar-refractivity contribution in [1.82, 2.24) is 0 Å². The lowest BCUT2D eigenvalue weighted by molar-refractivity contribution is -0.161. The highest BCUT2D eigenvalue weighted by molar-refractivity contribution is 7.47. The summed E-state index contributed by atoms with van der Waals surface area (Å²) in [6.45, 7) is 9.59. The van der Waals surface area contributed by atoms with Crippen molar-refractivity contribution in [2.45, 2.75) is 419 Å². The third kappa shape index (κ3) is 69.2. The molecule has 3 N–H and O–H groups in total. The van der Waals surface area contributed by atoms with Crippen LogP contribution in [-0.4, -0.2) is 96.7 Å². The Morgan fingerprint density at radius 1 is 0.302 bits per heavy atom. The van der Waals surface area contributed by atoms with Gasteiger partial charge in [0.2, 0.25) is 0 Å². The molecule has 0 aromatic rings. The van der Waals surface area contributed by atoms with Crippen LogP contribution in [0.1, 0.15) is 401 Å². The average molecular weight is 1410 g/mol. The van der Waals surface area contributed by atoms with Crippen LogP contribution in [0, 0.1) is 11.8 Å². The monoisotopic (exact) mass is 1410 g/mol. The fraction of sp³-hybridized carbons (Fsp3) is 0.948. The van der Waals surface area contributed by atoms with Gasteiger partial charge in [-0.25, -0.2) is 9.13 Å². The van der Waals surface area contributed by atoms with Crippen molar-refractivity contribution in [3.63, 3.8) is 0 Å². The van der Waals surface area contributed by atoms with Gasteiger partial charge in [-0.2, -0.15) is 0 Å². The largest absolute Gasteiger partial charge is 0.472 e. The van der Waals surface area contributed by atoms with Gasteiger partial charge in [-0.15, -0.1) is 0 Å². The van der Waals surface area contributed by atoms with Crippen molar-refractivity contribution in [3.05, 3.63) is 0 Å². The summed E-state index contributed by atoms with van der Waals surface area (Å²) in [5.41, 5.74) is 0. The van der Waals surface area contributed by atoms with Crippen molar-refractivity contribution < 1.29 is 80.2 Å². The summed E-state index contributed by atoms with van der Waals surface area (Å²) in [5, 5.41) is 10.6. The van der Waals surface area contributed by atoms with E-state index in [9.17, 15) is 43.2 Å². The molecule has 6 atom stereocenters. The molecule has 0 saturated heterocycles. The number of carbonyl (C=O) groups excluding carboxylic acids is 4. The van der Waals surface area contributed by atoms with E-state index in [1.54, 1.807) is 0 Å². The van der Waals surface area contributed by atoms with Gasteiger partial charge in [0.05, 0.1) is 26.4 Å². The number of unbranched alkanes of at least 4 members (excludes halogenated alkanes) is 45. The normalized spacial score (nSPS) is 14.3. The molecule has 19 heteroatoms. The first-order valence-electron chi connectivity index (χ1n) is 40.0. The standard InChI is InChI=1S/C77H150O17P2/c1-7-10-12-14-16-18-19-20-21-22-23-24-25-26-27-28-29-37-43-49-55-61-76(81)94-73(66-88-75(80)60-54-48-42-36-33-31-35-40-46-52-58-70(6)9-3)68-92-96(85,86)90-64-71(78)63-89-95(83,84)91-67-72(65-87-74(79)59-53-47-41-17-15-13-11-8-2)93-77(82)62-56-50-44-38-32-30-34-39-45-51-57-69(4)5/h69-73,78H,7-68H2,1-6H3,(H,83,84)(H,85,86)/t70?,71-,72+,73+/m0/s1. The minimum atomic E-state index is -4.96. The highest BCUT2D eigenvalue weighted by Crippen LogP contribution is 2.45. The molecule has 0 heterocycles. The summed E-state index contributed by atoms with van der Waals surface area (Å²) in [6.07, 6.45) is 57.0. The smallest absolute Gasteiger partial charge is 0.462 e. The highest BCUT2D eigenvalue weighted by Gasteiger charge is 2.30. The van der Waals surface area contributed by atoms with Gasteiger partial charge in [0, 0.05) is 25.7 Å². The summed E-state index contributed by atoms with van der Waals surface area (Å²) < 4.78 is 68.5. The second kappa shape index (κ2) is 68.8. The number of aliphatic hydroxyl groups excluding tert-OH is 1. The van der Waals surface area contributed by atoms with E-state index < -0.39 is 97.5 Å². The molecule has 0 aliphatic heterocycles. The summed E-state index contributed by atoms with van der Waals surface area (Å²) in [6, 6.07) is 0. The molecule has 0 aliphatic rings. The first-order valence-corrected chi connectivity index (χ1v) is 43.0. The lowest BCUT2D eigenvalue weighted by Crippen LogP contribution is -2.30. The fourth-order valence-electron chi connectivity index (χ4n) is 11.8. The lowest BCUT2D eigenvalue weighted by Gasteiger charge is -2.21. The molecule has 0 spiro atoms. The van der Waals surface area contributed by atoms with Crippen molar-refractivity contribution in [1.29, 1.82) is 0 Å². The zero-order chi connectivity index (χ0) is 70.7. The molecule has 0 radical (unpaired) electrons. The van der Waals surface area contributed by atoms with Gasteiger partial charge < -0.3 is 33.8 Å². The Kier molecular flexibility index (Phi) is 67.4. The molecule has 3 unspecified atom stereocenters. The Morgan fingerprint density at radius 3 is 0.792 bits per heavy atom. The maximum atomic E-state index is 13.1. The van der Waals surface area contributed by atoms with Crippen molar-refractivity contribution in [2.24, 2.45) is 11.8 Å². The summed E-state index contributed by atoms with van der Waals surface area (Å²) in [7, 11) is -9.91. The molecule has 0 saturated carbocycles. The van der Waals surface area contributed by atoms with Crippen LogP contribution in [0.5, 0.6) is 0 Å². The van der Waals surface area contributed by atoms with Crippen LogP contribution < -0.4 is 0 Å². The average Bonchev–Trinajstić information content (AvgIpc) is 1.93. The van der Waals surface area contributed by atoms with Gasteiger partial charge in [0.15, 0.2) is 12.2 Å². The lowest BCUT2D eigenvalue weighted by atomic mass is 9.99. The quantitative estimate of drug-likeness (QED) is 0.0222. The second-order valence-corrected chi connectivity index (χ2v) is 31.4. The van der Waals surface area contributed by atoms with Crippen LogP contribution in [0.2, 0.25) is 0 Å². The molecule has 0 aromatic heterocycles. The number of hydrogen-bond donors (Lipinski definition) is 3. The molecule has 0 aromatic carbocycles. The SMILES string of the molecule is CCCCCCCCCCCCCCCCCCCCCCCC(=O)O[C@H](COC(=O)CCCCCCCCCCCCC(C)CC)COP(=O)(O)OC[C@@H](O)COP(=O)(O)OC[C@@H](COC(=O)CCCCCCCCCC)OC(=O)CCCCCCCCCCCCC(C)C. The molecule has 0 rings (SSSR count). The number of hydrogen-bond acceptors (Lipinski definition) is 15. The van der Waals surface area contributed by atoms with E-state index in [2.05, 4.69) is 41.5 Å². The minimum absolute atomic E-state index is 0.106. The Hall–Kier alpha value is -1.94. The Labute approximate surface area is 588 Å². The number of aliphatic hydroxyl groups is 1. The molecule has 96 heavy (non-hydrogen) atoms. The number of phosphoric acid groups is 2. The first kappa shape index (κ1) is 94.1. The van der Waals surface area contributed by atoms with Crippen LogP contribution in [-0.2, 0) is 65.4 Å². The maximum Gasteiger partial charge on any atom is 0.472 e. The fourth-order valence-corrected chi connectivity index (χ4v) is 13.4. The van der Waals surface area contributed by atoms with Gasteiger partial charge in [-0.3, -0.25) is 37.3 Å². The van der Waals surface area contributed by atoms with Crippen LogP contribution in [0.3, 0.4) is 0 Å². The molecule has 0 fully saturated rings. The molecule has 570 valence electrons. The van der Waals surface area contributed by atoms with Gasteiger partial charge in [0.25, 0.3) is 0 Å². The predicted molar refractivity (Wildman–Crippen MR) is 391 cm³/mol. The Balaban J connectivity index is 5.19. The molecular weight excluding hydrogens is 1260 g/mol. The van der Waals surface area contributed by atoms with E-state index >= 15 is 0 Å². The second-order valence-electron chi connectivity index (χ2n) is 28.5. The predicted octanol–water partition coefficient (Wildman–Crippen LogP) is 22.7. The maximum absolute atomic E-state index is 13.1. The number of esters is 4. The Bertz CT molecular complexity index is 1860. The van der Waals surface area contributed by atoms with Gasteiger partial charge in [-0.1, -0.05) is 350 Å². The summed E-state index contributed by atoms with van der Waals surface area (Å²) >= 11 is 0. The van der Waals surface area contributed by atoms with E-state index in [-0.39, 0.29) is 25.7 Å². The molecule has 0 bridgehead atoms. The van der Waals surface area contributed by atoms with E-state index in [0.29, 0.717) is 25.7 Å². The van der Waals surface area contributed by atoms with E-state index in [1.807, 2.05) is 0 Å². The van der Waals surface area contributed by atoms with Crippen molar-refractivity contribution in [3.8, 4) is 0 Å². The van der Waals surface area contributed by atoms with Crippen molar-refractivity contribution in [2.75, 3.05) is 39.6 Å². The van der Waals surface area contributed by atoms with Gasteiger partial charge in [0.1, 0.15) is 19.3 Å². The highest BCUT2D eigenvalue weighted by atomic mass is 31.2. The summed E-state index contributed by atoms with van der Waals surface area (Å²) in [4.78, 5) is 72.7. The Morgan fingerprint density at radius 2 is 0.531 bits per heavy atom. The van der Waals surface area contributed by atoms with Crippen LogP contribution >= 0.6 is 15.6 Å². The van der Waals surface area contributed by atoms with E-state index in [1.165, 1.54) is 212 Å². The first-order chi connectivity index (χ1) is 46.4.